The molecule has 0 fully saturated rings. The average molecular weight is 957 g/mol. The molecule has 0 saturated carbocycles. The van der Waals surface area contributed by atoms with Gasteiger partial charge in [0.1, 0.15) is 23.0 Å². The Morgan fingerprint density at radius 1 is 0.551 bits per heavy atom. The number of nitrogens with zero attached hydrogens (tertiary/aromatic N) is 4. The number of phenols is 2. The van der Waals surface area contributed by atoms with Gasteiger partial charge in [-0.25, -0.2) is 26.2 Å². The van der Waals surface area contributed by atoms with E-state index in [1.165, 1.54) is 12.5 Å². The lowest BCUT2D eigenvalue weighted by Crippen LogP contribution is -2.10. The highest BCUT2D eigenvalue weighted by molar-refractivity contribution is 7.91. The molecule has 348 valence electrons. The zero-order valence-electron chi connectivity index (χ0n) is 38.2. The maximum absolute atomic E-state index is 12.2. The smallest absolute Gasteiger partial charge is 0.175 e. The van der Waals surface area contributed by atoms with Crippen LogP contribution in [-0.2, 0) is 26.1 Å². The molecule has 0 aliphatic heterocycles. The van der Waals surface area contributed by atoms with Gasteiger partial charge in [0.15, 0.2) is 19.7 Å². The Labute approximate surface area is 400 Å². The number of ether oxygens (including phenoxy) is 2. The topological polar surface area (TPSA) is 163 Å². The Kier molecular flexibility index (Phi) is 11.6. The van der Waals surface area contributed by atoms with E-state index in [2.05, 4.69) is 12.2 Å². The molecule has 0 amide bonds. The molecule has 8 aromatic rings. The first-order valence-electron chi connectivity index (χ1n) is 22.3. The lowest BCUT2D eigenvalue weighted by atomic mass is 9.79. The van der Waals surface area contributed by atoms with Gasteiger partial charge in [-0.15, -0.1) is 0 Å². The van der Waals surface area contributed by atoms with E-state index >= 15 is 0 Å². The van der Waals surface area contributed by atoms with Crippen LogP contribution in [0.4, 0.5) is 0 Å². The summed E-state index contributed by atoms with van der Waals surface area (Å²) >= 11 is 0. The molecule has 2 unspecified atom stereocenters. The first kappa shape index (κ1) is 45.1. The molecule has 12 nitrogen and oxygen atoms in total. The van der Waals surface area contributed by atoms with Crippen LogP contribution >= 0.6 is 0 Å². The van der Waals surface area contributed by atoms with Gasteiger partial charge in [-0.2, -0.15) is 10.2 Å². The van der Waals surface area contributed by atoms with Crippen molar-refractivity contribution in [3.8, 4) is 34.4 Å². The minimum atomic E-state index is -3.39. The van der Waals surface area contributed by atoms with Gasteiger partial charge < -0.3 is 19.7 Å². The lowest BCUT2D eigenvalue weighted by molar-refractivity contribution is 0.414. The first-order chi connectivity index (χ1) is 33.1. The van der Waals surface area contributed by atoms with E-state index in [9.17, 15) is 27.0 Å². The van der Waals surface area contributed by atoms with E-state index in [-0.39, 0.29) is 33.1 Å². The summed E-state index contributed by atoms with van der Waals surface area (Å²) in [6.45, 7) is 0. The summed E-state index contributed by atoms with van der Waals surface area (Å²) < 4.78 is 63.3. The molecule has 6 aromatic carbocycles. The number of hydrogen-bond acceptors (Lipinski definition) is 10. The van der Waals surface area contributed by atoms with Crippen LogP contribution in [0.2, 0.25) is 0 Å². The highest BCUT2D eigenvalue weighted by atomic mass is 32.2. The Bertz CT molecular complexity index is 3320. The molecule has 2 aliphatic carbocycles. The molecule has 10 rings (SSSR count). The molecule has 2 aliphatic rings. The number of sulfone groups is 2. The van der Waals surface area contributed by atoms with Crippen LogP contribution in [0.3, 0.4) is 0 Å². The van der Waals surface area contributed by atoms with Crippen LogP contribution in [0.1, 0.15) is 80.6 Å². The van der Waals surface area contributed by atoms with Gasteiger partial charge in [-0.05, 0) is 150 Å². The van der Waals surface area contributed by atoms with Gasteiger partial charge in [-0.3, -0.25) is 0 Å². The number of aromatic hydroxyl groups is 2. The highest BCUT2D eigenvalue weighted by Gasteiger charge is 2.31. The van der Waals surface area contributed by atoms with Gasteiger partial charge in [0.2, 0.25) is 0 Å². The fraction of sp³-hybridized carbons (Fsp3) is 0.164. The normalized spacial score (nSPS) is 15.7. The summed E-state index contributed by atoms with van der Waals surface area (Å²) in [7, 11) is -3.51. The zero-order chi connectivity index (χ0) is 48.2. The Morgan fingerprint density at radius 3 is 1.51 bits per heavy atom. The molecule has 69 heavy (non-hydrogen) atoms. The van der Waals surface area contributed by atoms with Crippen molar-refractivity contribution in [1.82, 2.24) is 19.6 Å². The third-order valence-electron chi connectivity index (χ3n) is 13.1. The van der Waals surface area contributed by atoms with Crippen molar-refractivity contribution in [3.05, 3.63) is 202 Å². The van der Waals surface area contributed by atoms with Crippen LogP contribution in [-0.4, -0.2) is 73.3 Å². The summed E-state index contributed by atoms with van der Waals surface area (Å²) in [5.41, 5.74) is 12.1. The second-order valence-corrected chi connectivity index (χ2v) is 21.7. The van der Waals surface area contributed by atoms with Crippen LogP contribution < -0.4 is 9.47 Å². The van der Waals surface area contributed by atoms with E-state index in [1.807, 2.05) is 85.2 Å². The van der Waals surface area contributed by atoms with Gasteiger partial charge in [0.25, 0.3) is 0 Å². The second-order valence-electron chi connectivity index (χ2n) is 17.6. The zero-order valence-corrected chi connectivity index (χ0v) is 39.9. The van der Waals surface area contributed by atoms with Crippen LogP contribution in [0.25, 0.3) is 34.7 Å². The molecule has 0 saturated heterocycles. The highest BCUT2D eigenvalue weighted by Crippen LogP contribution is 2.47. The molecule has 0 spiro atoms. The number of phenolic OH excluding ortho intramolecular Hbond substituents is 2. The van der Waals surface area contributed by atoms with Crippen molar-refractivity contribution >= 4 is 43.0 Å². The fourth-order valence-electron chi connectivity index (χ4n) is 9.41. The molecular weight excluding hydrogens is 909 g/mol. The van der Waals surface area contributed by atoms with Gasteiger partial charge in [0, 0.05) is 59.0 Å². The standard InChI is InChI=1S/C55H48N4O8S2/c1-66-43-15-7-36(8-16-43)38-28-40-32-58(41-11-19-45(20-12-41)68(3,62)63)57-55(40)50(30-38)49-27-35(6-24-54(49)61)25-34-5-23-53(60)48(26-34)47-29-39(37-9-17-44(67-2)18-10-37)31-52-51(47)33-59(56-52)42-13-21-46(22-14-42)69(4,64)65/h5-24,26-28,31-33,47,50,60-61H,25,29-30H2,1-4H3. The Hall–Kier alpha value is -7.68. The van der Waals surface area contributed by atoms with Crippen molar-refractivity contribution in [1.29, 1.82) is 0 Å². The summed E-state index contributed by atoms with van der Waals surface area (Å²) in [5, 5.41) is 33.4. The number of methoxy groups -OCH3 is 2. The van der Waals surface area contributed by atoms with Crippen LogP contribution in [0, 0.1) is 0 Å². The number of hydrogen-bond donors (Lipinski definition) is 2. The van der Waals surface area contributed by atoms with E-state index in [1.54, 1.807) is 84.2 Å². The molecule has 0 bridgehead atoms. The quantitative estimate of drug-likeness (QED) is 0.121. The van der Waals surface area contributed by atoms with Crippen molar-refractivity contribution in [2.45, 2.75) is 40.9 Å². The Morgan fingerprint density at radius 2 is 1.01 bits per heavy atom. The predicted octanol–water partition coefficient (Wildman–Crippen LogP) is 10.0. The number of rotatable bonds is 12. The summed E-state index contributed by atoms with van der Waals surface area (Å²) in [6, 6.07) is 40.4. The van der Waals surface area contributed by atoms with E-state index < -0.39 is 19.7 Å². The van der Waals surface area contributed by atoms with Gasteiger partial charge in [-0.1, -0.05) is 48.5 Å². The van der Waals surface area contributed by atoms with E-state index in [0.717, 1.165) is 73.0 Å². The van der Waals surface area contributed by atoms with E-state index in [4.69, 9.17) is 19.7 Å². The lowest BCUT2D eigenvalue weighted by Gasteiger charge is -2.25. The maximum Gasteiger partial charge on any atom is 0.175 e. The maximum atomic E-state index is 12.2. The number of benzene rings is 6. The number of fused-ring (bicyclic) bond motifs is 2. The summed E-state index contributed by atoms with van der Waals surface area (Å²) in [6.07, 6.45) is 12.0. The summed E-state index contributed by atoms with van der Waals surface area (Å²) in [4.78, 5) is 0.437. The molecule has 0 radical (unpaired) electrons. The van der Waals surface area contributed by atoms with Crippen molar-refractivity contribution in [2.75, 3.05) is 26.7 Å². The van der Waals surface area contributed by atoms with Crippen molar-refractivity contribution < 1.29 is 36.5 Å². The molecular formula is C55H48N4O8S2. The van der Waals surface area contributed by atoms with Crippen LogP contribution in [0.5, 0.6) is 23.0 Å². The minimum absolute atomic E-state index is 0.139. The Balaban J connectivity index is 1.00. The predicted molar refractivity (Wildman–Crippen MR) is 267 cm³/mol. The largest absolute Gasteiger partial charge is 0.508 e. The molecule has 2 heterocycles. The fourth-order valence-corrected chi connectivity index (χ4v) is 10.7. The molecule has 2 aromatic heterocycles. The van der Waals surface area contributed by atoms with Gasteiger partial charge >= 0.3 is 0 Å². The number of allylic oxidation sites excluding steroid dienone is 2. The third kappa shape index (κ3) is 9.08. The average Bonchev–Trinajstić information content (AvgIpc) is 4.00. The SMILES string of the molecule is COc1ccc(C2=Cc3nn(-c4ccc(S(C)(=O)=O)cc4)cc3C(c3cc(Cc4ccc(O)c(C5CC(c6ccc(OC)cc6)=Cc6cn(-c7ccc(S(C)(=O)=O)cc7)nc65)c4)ccc3O)C2)cc1. The molecule has 14 heteroatoms. The third-order valence-corrected chi connectivity index (χ3v) is 15.3. The van der Waals surface area contributed by atoms with Crippen LogP contribution in [0.15, 0.2) is 156 Å². The van der Waals surface area contributed by atoms with E-state index in [0.29, 0.717) is 36.2 Å². The molecule has 2 N–H and O–H groups in total. The minimum Gasteiger partial charge on any atom is -0.508 e. The van der Waals surface area contributed by atoms with Gasteiger partial charge in [0.05, 0.1) is 46.8 Å². The second kappa shape index (κ2) is 17.8. The van der Waals surface area contributed by atoms with Crippen molar-refractivity contribution in [3.63, 3.8) is 0 Å². The first-order valence-corrected chi connectivity index (χ1v) is 26.0. The molecule has 2 atom stereocenters. The van der Waals surface area contributed by atoms with Crippen molar-refractivity contribution in [2.24, 2.45) is 0 Å². The summed E-state index contributed by atoms with van der Waals surface area (Å²) in [5.74, 6) is 1.15. The monoisotopic (exact) mass is 956 g/mol. The number of aromatic nitrogens is 4.